The van der Waals surface area contributed by atoms with Gasteiger partial charge in [0.2, 0.25) is 15.9 Å². The van der Waals surface area contributed by atoms with E-state index in [1.165, 1.54) is 0 Å². The summed E-state index contributed by atoms with van der Waals surface area (Å²) >= 11 is 0. The fraction of sp³-hybridized carbons (Fsp3) is 0.435. The summed E-state index contributed by atoms with van der Waals surface area (Å²) < 4.78 is 36.9. The lowest BCUT2D eigenvalue weighted by Gasteiger charge is -2.38. The molecular weight excluding hydrogens is 416 g/mol. The van der Waals surface area contributed by atoms with Crippen LogP contribution >= 0.6 is 0 Å². The summed E-state index contributed by atoms with van der Waals surface area (Å²) in [6.45, 7) is 3.71. The number of rotatable bonds is 9. The Kier molecular flexibility index (Phi) is 7.56. The number of anilines is 1. The quantitative estimate of drug-likeness (QED) is 0.640. The lowest BCUT2D eigenvalue weighted by atomic mass is 9.74. The zero-order valence-corrected chi connectivity index (χ0v) is 18.9. The van der Waals surface area contributed by atoms with Crippen LogP contribution in [0.2, 0.25) is 0 Å². The van der Waals surface area contributed by atoms with Gasteiger partial charge >= 0.3 is 0 Å². The molecular formula is C23H30N2O5S. The van der Waals surface area contributed by atoms with E-state index in [1.54, 1.807) is 24.3 Å². The first-order valence-electron chi connectivity index (χ1n) is 10.4. The molecule has 8 heteroatoms. The van der Waals surface area contributed by atoms with Crippen molar-refractivity contribution in [1.29, 1.82) is 0 Å². The average Bonchev–Trinajstić information content (AvgIpc) is 2.77. The van der Waals surface area contributed by atoms with E-state index in [0.717, 1.165) is 29.0 Å². The molecule has 1 amide bonds. The van der Waals surface area contributed by atoms with Crippen LogP contribution in [0.1, 0.15) is 25.3 Å². The van der Waals surface area contributed by atoms with Crippen LogP contribution in [0.3, 0.4) is 0 Å². The molecule has 0 unspecified atom stereocenters. The maximum absolute atomic E-state index is 12.8. The van der Waals surface area contributed by atoms with Gasteiger partial charge in [0.25, 0.3) is 0 Å². The van der Waals surface area contributed by atoms with Crippen molar-refractivity contribution < 1.29 is 22.7 Å². The third-order valence-corrected chi connectivity index (χ3v) is 6.70. The second-order valence-corrected chi connectivity index (χ2v) is 9.64. The average molecular weight is 447 g/mol. The highest BCUT2D eigenvalue weighted by molar-refractivity contribution is 7.92. The second-order valence-electron chi connectivity index (χ2n) is 7.74. The summed E-state index contributed by atoms with van der Waals surface area (Å²) in [5, 5.41) is 2.97. The van der Waals surface area contributed by atoms with Gasteiger partial charge in [-0.25, -0.2) is 8.42 Å². The van der Waals surface area contributed by atoms with E-state index in [1.807, 2.05) is 25.1 Å². The highest BCUT2D eigenvalue weighted by atomic mass is 32.2. The predicted octanol–water partition coefficient (Wildman–Crippen LogP) is 2.72. The third-order valence-electron chi connectivity index (χ3n) is 5.56. The van der Waals surface area contributed by atoms with Crippen molar-refractivity contribution in [3.63, 3.8) is 0 Å². The molecule has 3 rings (SSSR count). The number of amides is 1. The van der Waals surface area contributed by atoms with Gasteiger partial charge in [-0.3, -0.25) is 9.10 Å². The second kappa shape index (κ2) is 10.2. The van der Waals surface area contributed by atoms with Gasteiger partial charge in [-0.2, -0.15) is 0 Å². The third kappa shape index (κ3) is 5.98. The molecule has 0 aliphatic carbocycles. The number of benzene rings is 2. The smallest absolute Gasteiger partial charge is 0.240 e. The standard InChI is InChI=1S/C23H30N2O5S/c1-3-30-21-11-7-10-20(16-21)25(31(2,27)28)17-22(26)24-18-23(12-14-29-15-13-23)19-8-5-4-6-9-19/h4-11,16H,3,12-15,17-18H2,1-2H3,(H,24,26). The van der Waals surface area contributed by atoms with E-state index in [0.29, 0.717) is 37.8 Å². The fourth-order valence-corrected chi connectivity index (χ4v) is 4.72. The molecule has 0 bridgehead atoms. The molecule has 1 heterocycles. The number of hydrogen-bond donors (Lipinski definition) is 1. The molecule has 1 fully saturated rings. The first kappa shape index (κ1) is 23.1. The van der Waals surface area contributed by atoms with Gasteiger partial charge in [0.1, 0.15) is 12.3 Å². The topological polar surface area (TPSA) is 84.9 Å². The highest BCUT2D eigenvalue weighted by Gasteiger charge is 2.35. The zero-order chi connectivity index (χ0) is 22.3. The zero-order valence-electron chi connectivity index (χ0n) is 18.0. The minimum absolute atomic E-state index is 0.222. The van der Waals surface area contributed by atoms with Crippen LogP contribution in [0.4, 0.5) is 5.69 Å². The Morgan fingerprint density at radius 3 is 2.48 bits per heavy atom. The Morgan fingerprint density at radius 2 is 1.84 bits per heavy atom. The predicted molar refractivity (Wildman–Crippen MR) is 121 cm³/mol. The molecule has 31 heavy (non-hydrogen) atoms. The van der Waals surface area contributed by atoms with Crippen molar-refractivity contribution >= 4 is 21.6 Å². The van der Waals surface area contributed by atoms with Gasteiger partial charge in [0.05, 0.1) is 18.6 Å². The van der Waals surface area contributed by atoms with Gasteiger partial charge in [0, 0.05) is 31.2 Å². The molecule has 0 spiro atoms. The van der Waals surface area contributed by atoms with Gasteiger partial charge in [-0.05, 0) is 37.5 Å². The molecule has 1 aliphatic rings. The first-order chi connectivity index (χ1) is 14.8. The van der Waals surface area contributed by atoms with Crippen LogP contribution in [0, 0.1) is 0 Å². The number of hydrogen-bond acceptors (Lipinski definition) is 5. The number of ether oxygens (including phenoxy) is 2. The van der Waals surface area contributed by atoms with Crippen molar-refractivity contribution in [3.05, 3.63) is 60.2 Å². The Hall–Kier alpha value is -2.58. The van der Waals surface area contributed by atoms with Crippen LogP contribution in [-0.2, 0) is 25.0 Å². The van der Waals surface area contributed by atoms with Gasteiger partial charge in [-0.1, -0.05) is 36.4 Å². The lowest BCUT2D eigenvalue weighted by Crippen LogP contribution is -2.47. The summed E-state index contributed by atoms with van der Waals surface area (Å²) in [6.07, 6.45) is 2.69. The summed E-state index contributed by atoms with van der Waals surface area (Å²) in [4.78, 5) is 12.8. The Balaban J connectivity index is 1.74. The minimum atomic E-state index is -3.66. The van der Waals surface area contributed by atoms with E-state index in [4.69, 9.17) is 9.47 Å². The molecule has 0 aromatic heterocycles. The molecule has 2 aromatic carbocycles. The van der Waals surface area contributed by atoms with Crippen molar-refractivity contribution in [2.45, 2.75) is 25.2 Å². The molecule has 0 saturated carbocycles. The Labute approximate surface area is 184 Å². The maximum atomic E-state index is 12.8. The summed E-state index contributed by atoms with van der Waals surface area (Å²) in [5.41, 5.74) is 1.33. The number of nitrogens with zero attached hydrogens (tertiary/aromatic N) is 1. The monoisotopic (exact) mass is 446 g/mol. The van der Waals surface area contributed by atoms with Crippen molar-refractivity contribution in [3.8, 4) is 5.75 Å². The molecule has 0 radical (unpaired) electrons. The molecule has 1 saturated heterocycles. The molecule has 168 valence electrons. The van der Waals surface area contributed by atoms with E-state index < -0.39 is 10.0 Å². The fourth-order valence-electron chi connectivity index (χ4n) is 3.87. The lowest BCUT2D eigenvalue weighted by molar-refractivity contribution is -0.120. The van der Waals surface area contributed by atoms with Crippen LogP contribution in [-0.4, -0.2) is 53.5 Å². The van der Waals surface area contributed by atoms with Crippen LogP contribution in [0.25, 0.3) is 0 Å². The van der Waals surface area contributed by atoms with E-state index in [-0.39, 0.29) is 17.9 Å². The largest absolute Gasteiger partial charge is 0.494 e. The molecule has 7 nitrogen and oxygen atoms in total. The SMILES string of the molecule is CCOc1cccc(N(CC(=O)NCC2(c3ccccc3)CCOCC2)S(C)(=O)=O)c1. The van der Waals surface area contributed by atoms with E-state index >= 15 is 0 Å². The summed E-state index contributed by atoms with van der Waals surface area (Å²) in [6, 6.07) is 16.8. The van der Waals surface area contributed by atoms with Crippen molar-refractivity contribution in [2.75, 3.05) is 43.5 Å². The van der Waals surface area contributed by atoms with E-state index in [2.05, 4.69) is 17.4 Å². The molecule has 1 N–H and O–H groups in total. The number of nitrogens with one attached hydrogen (secondary N) is 1. The van der Waals surface area contributed by atoms with Gasteiger partial charge in [0.15, 0.2) is 0 Å². The molecule has 2 aromatic rings. The van der Waals surface area contributed by atoms with Crippen molar-refractivity contribution in [1.82, 2.24) is 5.32 Å². The summed E-state index contributed by atoms with van der Waals surface area (Å²) in [7, 11) is -3.66. The van der Waals surface area contributed by atoms with Crippen LogP contribution in [0.5, 0.6) is 5.75 Å². The number of carbonyl (C=O) groups is 1. The summed E-state index contributed by atoms with van der Waals surface area (Å²) in [5.74, 6) is 0.202. The minimum Gasteiger partial charge on any atom is -0.494 e. The highest BCUT2D eigenvalue weighted by Crippen LogP contribution is 2.34. The molecule has 0 atom stereocenters. The Bertz CT molecular complexity index is 972. The van der Waals surface area contributed by atoms with Crippen LogP contribution in [0.15, 0.2) is 54.6 Å². The van der Waals surface area contributed by atoms with E-state index in [9.17, 15) is 13.2 Å². The number of carbonyl (C=O) groups excluding carboxylic acids is 1. The van der Waals surface area contributed by atoms with Crippen LogP contribution < -0.4 is 14.4 Å². The maximum Gasteiger partial charge on any atom is 0.240 e. The first-order valence-corrected chi connectivity index (χ1v) is 12.3. The Morgan fingerprint density at radius 1 is 1.13 bits per heavy atom. The molecule has 1 aliphatic heterocycles. The number of sulfonamides is 1. The van der Waals surface area contributed by atoms with Gasteiger partial charge < -0.3 is 14.8 Å². The van der Waals surface area contributed by atoms with Gasteiger partial charge in [-0.15, -0.1) is 0 Å². The van der Waals surface area contributed by atoms with Crippen molar-refractivity contribution in [2.24, 2.45) is 0 Å². The normalized spacial score (nSPS) is 15.8.